The van der Waals surface area contributed by atoms with Crippen LogP contribution in [0.3, 0.4) is 0 Å². The Balaban J connectivity index is 2.78. The minimum absolute atomic E-state index is 0.0256. The van der Waals surface area contributed by atoms with Crippen molar-refractivity contribution < 1.29 is 9.90 Å². The second-order valence-electron chi connectivity index (χ2n) is 3.15. The van der Waals surface area contributed by atoms with Crippen LogP contribution in [0.15, 0.2) is 24.3 Å². The van der Waals surface area contributed by atoms with Crippen LogP contribution in [0.1, 0.15) is 15.9 Å². The first-order valence-electron chi connectivity index (χ1n) is 4.32. The van der Waals surface area contributed by atoms with Crippen LogP contribution in [0.2, 0.25) is 0 Å². The van der Waals surface area contributed by atoms with Crippen molar-refractivity contribution >= 4 is 18.6 Å². The fourth-order valence-electron chi connectivity index (χ4n) is 1.20. The van der Waals surface area contributed by atoms with Gasteiger partial charge in [-0.3, -0.25) is 0 Å². The molecule has 0 unspecified atom stereocenters. The predicted molar refractivity (Wildman–Crippen MR) is 58.9 cm³/mol. The second-order valence-corrected chi connectivity index (χ2v) is 3.52. The van der Waals surface area contributed by atoms with Crippen LogP contribution >= 0.6 is 12.6 Å². The van der Waals surface area contributed by atoms with Crippen molar-refractivity contribution in [1.29, 1.82) is 0 Å². The Morgan fingerprint density at radius 3 is 2.86 bits per heavy atom. The van der Waals surface area contributed by atoms with Gasteiger partial charge in [0.05, 0.1) is 5.56 Å². The van der Waals surface area contributed by atoms with Gasteiger partial charge in [0.1, 0.15) is 0 Å². The summed E-state index contributed by atoms with van der Waals surface area (Å²) in [5.74, 6) is -0.316. The molecule has 0 aliphatic carbocycles. The summed E-state index contributed by atoms with van der Waals surface area (Å²) in [5, 5.41) is 8.75. The quantitative estimate of drug-likeness (QED) is 0.655. The van der Waals surface area contributed by atoms with E-state index in [-0.39, 0.29) is 6.04 Å². The van der Waals surface area contributed by atoms with Crippen LogP contribution in [0.5, 0.6) is 0 Å². The van der Waals surface area contributed by atoms with Crippen LogP contribution in [0, 0.1) is 0 Å². The van der Waals surface area contributed by atoms with E-state index in [1.165, 1.54) is 0 Å². The normalized spacial score (nSPS) is 12.4. The highest BCUT2D eigenvalue weighted by Crippen LogP contribution is 2.07. The first kappa shape index (κ1) is 11.1. The molecule has 0 spiro atoms. The van der Waals surface area contributed by atoms with Crippen molar-refractivity contribution in [1.82, 2.24) is 0 Å². The van der Waals surface area contributed by atoms with E-state index in [0.29, 0.717) is 17.7 Å². The van der Waals surface area contributed by atoms with Gasteiger partial charge in [0.2, 0.25) is 0 Å². The molecule has 76 valence electrons. The number of thiol groups is 1. The molecule has 0 aliphatic heterocycles. The number of hydrogen-bond acceptors (Lipinski definition) is 3. The molecule has 1 atom stereocenters. The average molecular weight is 211 g/mol. The van der Waals surface area contributed by atoms with Crippen LogP contribution < -0.4 is 5.73 Å². The summed E-state index contributed by atoms with van der Waals surface area (Å²) in [5.41, 5.74) is 6.94. The topological polar surface area (TPSA) is 63.3 Å². The van der Waals surface area contributed by atoms with E-state index >= 15 is 0 Å². The summed E-state index contributed by atoms with van der Waals surface area (Å²) < 4.78 is 0. The van der Waals surface area contributed by atoms with Crippen LogP contribution in [0.25, 0.3) is 0 Å². The predicted octanol–water partition coefficient (Wildman–Crippen LogP) is 1.18. The first-order chi connectivity index (χ1) is 6.63. The molecular weight excluding hydrogens is 198 g/mol. The number of benzene rings is 1. The number of nitrogens with two attached hydrogens (primary N) is 1. The van der Waals surface area contributed by atoms with Gasteiger partial charge in [0.25, 0.3) is 0 Å². The van der Waals surface area contributed by atoms with E-state index in [2.05, 4.69) is 12.6 Å². The van der Waals surface area contributed by atoms with E-state index in [1.807, 2.05) is 6.07 Å². The zero-order valence-corrected chi connectivity index (χ0v) is 8.58. The van der Waals surface area contributed by atoms with Gasteiger partial charge in [0.15, 0.2) is 0 Å². The van der Waals surface area contributed by atoms with Crippen molar-refractivity contribution in [2.45, 2.75) is 12.5 Å². The van der Waals surface area contributed by atoms with Gasteiger partial charge >= 0.3 is 5.97 Å². The summed E-state index contributed by atoms with van der Waals surface area (Å²) in [6.45, 7) is 0. The molecule has 1 rings (SSSR count). The maximum absolute atomic E-state index is 10.7. The van der Waals surface area contributed by atoms with E-state index < -0.39 is 5.97 Å². The van der Waals surface area contributed by atoms with E-state index in [0.717, 1.165) is 5.56 Å². The number of carbonyl (C=O) groups is 1. The van der Waals surface area contributed by atoms with Gasteiger partial charge in [-0.25, -0.2) is 4.79 Å². The lowest BCUT2D eigenvalue weighted by atomic mass is 10.0. The Hall–Kier alpha value is -1.00. The third-order valence-electron chi connectivity index (χ3n) is 1.91. The monoisotopic (exact) mass is 211 g/mol. The van der Waals surface area contributed by atoms with E-state index in [1.54, 1.807) is 18.2 Å². The number of carboxylic acid groups (broad SMARTS) is 1. The lowest BCUT2D eigenvalue weighted by Crippen LogP contribution is -2.24. The van der Waals surface area contributed by atoms with E-state index in [4.69, 9.17) is 10.8 Å². The molecule has 0 saturated carbocycles. The second kappa shape index (κ2) is 5.02. The minimum atomic E-state index is -0.911. The summed E-state index contributed by atoms with van der Waals surface area (Å²) in [4.78, 5) is 10.7. The highest BCUT2D eigenvalue weighted by atomic mass is 32.1. The standard InChI is InChI=1S/C10H13NO2S/c11-9(6-14)5-7-2-1-3-8(4-7)10(12)13/h1-4,9,14H,5-6,11H2,(H,12,13)/t9-/m1/s1. The molecule has 0 saturated heterocycles. The van der Waals surface area contributed by atoms with Crippen molar-refractivity contribution in [2.24, 2.45) is 5.73 Å². The van der Waals surface area contributed by atoms with Crippen LogP contribution in [0.4, 0.5) is 0 Å². The average Bonchev–Trinajstić information content (AvgIpc) is 2.18. The Labute approximate surface area is 88.3 Å². The maximum Gasteiger partial charge on any atom is 0.335 e. The third-order valence-corrected chi connectivity index (χ3v) is 2.38. The largest absolute Gasteiger partial charge is 0.478 e. The molecule has 3 nitrogen and oxygen atoms in total. The number of aromatic carboxylic acids is 1. The number of carboxylic acids is 1. The Morgan fingerprint density at radius 1 is 1.57 bits per heavy atom. The van der Waals surface area contributed by atoms with Gasteiger partial charge in [-0.15, -0.1) is 0 Å². The molecule has 0 amide bonds. The highest BCUT2D eigenvalue weighted by Gasteiger charge is 2.05. The lowest BCUT2D eigenvalue weighted by Gasteiger charge is -2.08. The molecule has 14 heavy (non-hydrogen) atoms. The first-order valence-corrected chi connectivity index (χ1v) is 4.95. The molecule has 0 radical (unpaired) electrons. The molecule has 1 aromatic carbocycles. The maximum atomic E-state index is 10.7. The third kappa shape index (κ3) is 3.05. The van der Waals surface area contributed by atoms with Crippen molar-refractivity contribution in [3.63, 3.8) is 0 Å². The van der Waals surface area contributed by atoms with Crippen LogP contribution in [-0.4, -0.2) is 22.9 Å². The van der Waals surface area contributed by atoms with Crippen molar-refractivity contribution in [3.05, 3.63) is 35.4 Å². The van der Waals surface area contributed by atoms with Crippen molar-refractivity contribution in [2.75, 3.05) is 5.75 Å². The molecule has 0 fully saturated rings. The van der Waals surface area contributed by atoms with Crippen molar-refractivity contribution in [3.8, 4) is 0 Å². The zero-order chi connectivity index (χ0) is 10.6. The minimum Gasteiger partial charge on any atom is -0.478 e. The van der Waals surface area contributed by atoms with E-state index in [9.17, 15) is 4.79 Å². The Bertz CT molecular complexity index is 328. The van der Waals surface area contributed by atoms with Gasteiger partial charge in [0, 0.05) is 11.8 Å². The van der Waals surface area contributed by atoms with Gasteiger partial charge in [-0.1, -0.05) is 12.1 Å². The molecule has 0 aliphatic rings. The summed E-state index contributed by atoms with van der Waals surface area (Å²) in [6, 6.07) is 6.78. The van der Waals surface area contributed by atoms with Gasteiger partial charge in [-0.05, 0) is 24.1 Å². The summed E-state index contributed by atoms with van der Waals surface area (Å²) in [6.07, 6.45) is 0.657. The lowest BCUT2D eigenvalue weighted by molar-refractivity contribution is 0.0696. The molecular formula is C10H13NO2S. The number of hydrogen-bond donors (Lipinski definition) is 3. The molecule has 0 heterocycles. The smallest absolute Gasteiger partial charge is 0.335 e. The van der Waals surface area contributed by atoms with Gasteiger partial charge < -0.3 is 10.8 Å². The van der Waals surface area contributed by atoms with Gasteiger partial charge in [-0.2, -0.15) is 12.6 Å². The van der Waals surface area contributed by atoms with Crippen LogP contribution in [-0.2, 0) is 6.42 Å². The summed E-state index contributed by atoms with van der Waals surface area (Å²) in [7, 11) is 0. The molecule has 0 aromatic heterocycles. The highest BCUT2D eigenvalue weighted by molar-refractivity contribution is 7.80. The number of rotatable bonds is 4. The SMILES string of the molecule is N[C@@H](CS)Cc1cccc(C(=O)O)c1. The molecule has 1 aromatic rings. The Kier molecular flexibility index (Phi) is 3.98. The zero-order valence-electron chi connectivity index (χ0n) is 7.68. The molecule has 3 N–H and O–H groups in total. The fraction of sp³-hybridized carbons (Fsp3) is 0.300. The fourth-order valence-corrected chi connectivity index (χ4v) is 1.33. The Morgan fingerprint density at radius 2 is 2.29 bits per heavy atom. The summed E-state index contributed by atoms with van der Waals surface area (Å²) >= 11 is 4.07. The molecule has 4 heteroatoms. The molecule has 0 bridgehead atoms.